The van der Waals surface area contributed by atoms with E-state index in [0.717, 1.165) is 48.5 Å². The number of amidine groups is 1. The monoisotopic (exact) mass is 765 g/mol. The summed E-state index contributed by atoms with van der Waals surface area (Å²) in [6.45, 7) is 12.5. The zero-order chi connectivity index (χ0) is 30.9. The Morgan fingerprint density at radius 3 is 2.25 bits per heavy atom. The van der Waals surface area contributed by atoms with E-state index in [1.165, 1.54) is 28.1 Å². The van der Waals surface area contributed by atoms with E-state index in [1.54, 1.807) is 0 Å². The molecule has 5 nitrogen and oxygen atoms in total. The van der Waals surface area contributed by atoms with Gasteiger partial charge in [-0.25, -0.2) is 0 Å². The summed E-state index contributed by atoms with van der Waals surface area (Å²) in [4.78, 5) is 23.5. The molecule has 1 N–H and O–H groups in total. The molecule has 0 fully saturated rings. The van der Waals surface area contributed by atoms with Gasteiger partial charge in [-0.3, -0.25) is 9.79 Å². The average Bonchev–Trinajstić information content (AvgIpc) is 3.02. The van der Waals surface area contributed by atoms with Gasteiger partial charge < -0.3 is 14.9 Å². The maximum atomic E-state index is 11.7. The Labute approximate surface area is 277 Å². The van der Waals surface area contributed by atoms with E-state index in [0.29, 0.717) is 0 Å². The summed E-state index contributed by atoms with van der Waals surface area (Å²) < 4.78 is 0. The van der Waals surface area contributed by atoms with Gasteiger partial charge in [0.15, 0.2) is 5.78 Å². The molecule has 0 saturated heterocycles. The van der Waals surface area contributed by atoms with Crippen LogP contribution in [-0.2, 0) is 24.9 Å². The Hall–Kier alpha value is -3.54. The molecular weight excluding hydrogens is 721 g/mol. The molecule has 2 aliphatic rings. The van der Waals surface area contributed by atoms with Gasteiger partial charge in [0.25, 0.3) is 0 Å². The van der Waals surface area contributed by atoms with Crippen molar-refractivity contribution in [3.8, 4) is 11.3 Å². The molecule has 0 unspecified atom stereocenters. The van der Waals surface area contributed by atoms with Crippen LogP contribution in [0.2, 0.25) is 0 Å². The first-order chi connectivity index (χ1) is 20.8. The second-order valence-electron chi connectivity index (χ2n) is 11.2. The molecule has 2 aliphatic heterocycles. The molecule has 0 bridgehead atoms. The van der Waals surface area contributed by atoms with Crippen molar-refractivity contribution in [3.63, 3.8) is 0 Å². The van der Waals surface area contributed by atoms with Gasteiger partial charge >= 0.3 is 6.85 Å². The van der Waals surface area contributed by atoms with Crippen LogP contribution in [0, 0.1) is 31.7 Å². The van der Waals surface area contributed by atoms with Crippen LogP contribution in [0.15, 0.2) is 96.0 Å². The number of fused-ring (bicyclic) bond motifs is 2. The van der Waals surface area contributed by atoms with Gasteiger partial charge in [-0.05, 0) is 80.8 Å². The number of aromatic nitrogens is 1. The molecule has 3 heterocycles. The minimum Gasteiger partial charge on any atom is -0.512 e. The molecule has 44 heavy (non-hydrogen) atoms. The number of hydrogen-bond acceptors (Lipinski definition) is 5. The molecule has 0 spiro atoms. The first-order valence-corrected chi connectivity index (χ1v) is 15.5. The quantitative estimate of drug-likeness (QED) is 0.106. The molecule has 5 rings (SSSR count). The normalized spacial score (nSPS) is 13.5. The van der Waals surface area contributed by atoms with Gasteiger partial charge in [-0.2, -0.15) is 0 Å². The maximum absolute atomic E-state index is 11.7. The van der Waals surface area contributed by atoms with Crippen molar-refractivity contribution in [1.82, 2.24) is 9.79 Å². The number of carbonyl (C=O) groups excluding carboxylic acids is 1. The summed E-state index contributed by atoms with van der Waals surface area (Å²) in [6.07, 6.45) is 15.0. The zero-order valence-electron chi connectivity index (χ0n) is 26.7. The Kier molecular flexibility index (Phi) is 13.1. The maximum Gasteiger partial charge on any atom is 0.312 e. The smallest absolute Gasteiger partial charge is 0.312 e. The van der Waals surface area contributed by atoms with Crippen LogP contribution in [-0.4, -0.2) is 33.4 Å². The molecular formula is C37H43BIrN3O2-. The Balaban J connectivity index is 0.000000286. The zero-order valence-corrected chi connectivity index (χ0v) is 29.1. The standard InChI is InChI=1S/C24H19BN3.C13H24O2.Ir/c1-17-9-7-10-18(2)23(17)25-20-12-8-11-19(21-13-3-5-15-26-21)24(20)27-22-14-4-6-16-28(22)25;1-5-10(6-2)12(14)9-13(15)11(7-3)8-4;/h3-10,12-16H,1-2H3;9-11,14H,5-8H2,1-4H3;/q-1;;/b;12-9-;. The topological polar surface area (TPSA) is 65.8 Å². The number of nitrogens with zero attached hydrogens (tertiary/aromatic N) is 3. The molecule has 0 saturated carbocycles. The molecule has 1 aromatic heterocycles. The third kappa shape index (κ3) is 7.75. The van der Waals surface area contributed by atoms with Crippen molar-refractivity contribution in [3.05, 3.63) is 108 Å². The minimum atomic E-state index is 0. The summed E-state index contributed by atoms with van der Waals surface area (Å²) in [5.74, 6) is 1.49. The predicted molar refractivity (Wildman–Crippen MR) is 181 cm³/mol. The summed E-state index contributed by atoms with van der Waals surface area (Å²) >= 11 is 0. The van der Waals surface area contributed by atoms with Crippen molar-refractivity contribution in [2.24, 2.45) is 16.8 Å². The van der Waals surface area contributed by atoms with Gasteiger partial charge in [0, 0.05) is 44.2 Å². The largest absolute Gasteiger partial charge is 0.512 e. The molecule has 3 aromatic rings. The molecule has 7 heteroatoms. The molecule has 0 amide bonds. The molecule has 231 valence electrons. The van der Waals surface area contributed by atoms with Crippen molar-refractivity contribution >= 4 is 35.1 Å². The third-order valence-corrected chi connectivity index (χ3v) is 8.49. The van der Waals surface area contributed by atoms with Gasteiger partial charge in [0.05, 0.1) is 5.76 Å². The average molecular weight is 765 g/mol. The van der Waals surface area contributed by atoms with Crippen molar-refractivity contribution in [2.45, 2.75) is 67.2 Å². The van der Waals surface area contributed by atoms with Crippen LogP contribution in [0.1, 0.15) is 64.5 Å². The van der Waals surface area contributed by atoms with E-state index in [-0.39, 0.29) is 50.3 Å². The number of rotatable bonds is 9. The number of benzene rings is 2. The van der Waals surface area contributed by atoms with E-state index in [4.69, 9.17) is 4.99 Å². The SMILES string of the molecule is CCC(CC)C(=O)/C=C(\O)C(CC)CC.Cc1cccc(C)c1B1c2cc[c-]c(-c3ccccn3)c2N=C2C=CC=CN12.[Ir]. The van der Waals surface area contributed by atoms with Crippen LogP contribution in [0.3, 0.4) is 0 Å². The van der Waals surface area contributed by atoms with Gasteiger partial charge in [-0.15, -0.1) is 29.2 Å². The number of aliphatic hydroxyl groups excluding tert-OH is 1. The number of carbonyl (C=O) groups is 1. The number of aliphatic imine (C=N–C) groups is 1. The second kappa shape index (κ2) is 16.5. The number of aliphatic hydroxyl groups is 1. The van der Waals surface area contributed by atoms with Crippen LogP contribution < -0.4 is 10.9 Å². The van der Waals surface area contributed by atoms with E-state index in [2.05, 4.69) is 72.3 Å². The molecule has 2 aromatic carbocycles. The van der Waals surface area contributed by atoms with Crippen molar-refractivity contribution in [1.29, 1.82) is 0 Å². The number of pyridine rings is 1. The van der Waals surface area contributed by atoms with Crippen LogP contribution >= 0.6 is 0 Å². The fourth-order valence-electron chi connectivity index (χ4n) is 5.91. The fraction of sp³-hybridized carbons (Fsp3) is 0.324. The van der Waals surface area contributed by atoms with Crippen molar-refractivity contribution < 1.29 is 30.0 Å². The van der Waals surface area contributed by atoms with Gasteiger partial charge in [0.1, 0.15) is 5.84 Å². The van der Waals surface area contributed by atoms with Crippen molar-refractivity contribution in [2.75, 3.05) is 0 Å². The second-order valence-corrected chi connectivity index (χ2v) is 11.2. The Morgan fingerprint density at radius 2 is 1.64 bits per heavy atom. The van der Waals surface area contributed by atoms with Crippen LogP contribution in [0.25, 0.3) is 11.3 Å². The summed E-state index contributed by atoms with van der Waals surface area (Å²) in [6, 6.07) is 20.0. The number of hydrogen-bond donors (Lipinski definition) is 1. The molecule has 1 radical (unpaired) electrons. The predicted octanol–water partition coefficient (Wildman–Crippen LogP) is 7.57. The number of ketones is 1. The van der Waals surface area contributed by atoms with E-state index < -0.39 is 0 Å². The fourth-order valence-corrected chi connectivity index (χ4v) is 5.91. The Morgan fingerprint density at radius 1 is 0.955 bits per heavy atom. The van der Waals surface area contributed by atoms with E-state index >= 15 is 0 Å². The first kappa shape index (κ1) is 34.9. The summed E-state index contributed by atoms with van der Waals surface area (Å²) in [5.41, 5.74) is 7.88. The van der Waals surface area contributed by atoms with Crippen LogP contribution in [0.4, 0.5) is 5.69 Å². The Bertz CT molecular complexity index is 1520. The van der Waals surface area contributed by atoms with E-state index in [1.807, 2.05) is 64.2 Å². The summed E-state index contributed by atoms with van der Waals surface area (Å²) in [7, 11) is 0. The van der Waals surface area contributed by atoms with Crippen LogP contribution in [0.5, 0.6) is 0 Å². The number of aryl methyl sites for hydroxylation is 2. The summed E-state index contributed by atoms with van der Waals surface area (Å²) in [5, 5.41) is 9.76. The number of allylic oxidation sites excluding steroid dienone is 4. The molecule has 0 aliphatic carbocycles. The van der Waals surface area contributed by atoms with Gasteiger partial charge in [-0.1, -0.05) is 75.2 Å². The molecule has 0 atom stereocenters. The van der Waals surface area contributed by atoms with E-state index in [9.17, 15) is 9.90 Å². The third-order valence-electron chi connectivity index (χ3n) is 8.49. The minimum absolute atomic E-state index is 0. The first-order valence-electron chi connectivity index (χ1n) is 15.5. The van der Waals surface area contributed by atoms with Gasteiger partial charge in [0.2, 0.25) is 0 Å².